The number of esters is 1. The highest BCUT2D eigenvalue weighted by Crippen LogP contribution is 2.25. The molecule has 266 valence electrons. The van der Waals surface area contributed by atoms with E-state index in [0.717, 1.165) is 31.2 Å². The number of hydrogen-bond donors (Lipinski definition) is 4. The van der Waals surface area contributed by atoms with E-state index >= 15 is 0 Å². The van der Waals surface area contributed by atoms with E-state index in [9.17, 15) is 29.1 Å². The number of benzene rings is 1. The van der Waals surface area contributed by atoms with Crippen molar-refractivity contribution >= 4 is 51.9 Å². The van der Waals surface area contributed by atoms with Gasteiger partial charge in [0.15, 0.2) is 5.12 Å². The second-order valence-corrected chi connectivity index (χ2v) is 14.2. The first kappa shape index (κ1) is 39.5. The van der Waals surface area contributed by atoms with Gasteiger partial charge < -0.3 is 25.8 Å². The minimum atomic E-state index is -1.06. The maximum absolute atomic E-state index is 13.5. The second kappa shape index (κ2) is 20.5. The summed E-state index contributed by atoms with van der Waals surface area (Å²) in [6.07, 6.45) is 10.5. The van der Waals surface area contributed by atoms with Gasteiger partial charge >= 0.3 is 5.97 Å². The van der Waals surface area contributed by atoms with Crippen LogP contribution >= 0.6 is 23.1 Å². The normalized spacial score (nSPS) is 20.3. The van der Waals surface area contributed by atoms with E-state index in [4.69, 9.17) is 4.74 Å². The molecule has 0 fully saturated rings. The highest BCUT2D eigenvalue weighted by molar-refractivity contribution is 8.13. The van der Waals surface area contributed by atoms with Crippen molar-refractivity contribution in [1.29, 1.82) is 0 Å². The molecule has 0 unspecified atom stereocenters. The zero-order valence-electron chi connectivity index (χ0n) is 28.7. The Hall–Kier alpha value is -3.97. The molecule has 1 aliphatic heterocycles. The molecule has 0 saturated carbocycles. The molecule has 3 amide bonds. The monoisotopic (exact) mass is 712 g/mol. The number of nitrogens with one attached hydrogen (secondary N) is 3. The Balaban J connectivity index is 1.83. The highest BCUT2D eigenvalue weighted by atomic mass is 32.2. The third-order valence-corrected chi connectivity index (χ3v) is 9.71. The zero-order valence-corrected chi connectivity index (χ0v) is 30.3. The fraction of sp³-hybridized carbons (Fsp3) is 0.500. The van der Waals surface area contributed by atoms with Gasteiger partial charge in [0.1, 0.15) is 34.3 Å². The Morgan fingerprint density at radius 1 is 1.08 bits per heavy atom. The van der Waals surface area contributed by atoms with E-state index < -0.39 is 41.9 Å². The van der Waals surface area contributed by atoms with Gasteiger partial charge in [0.25, 0.3) is 11.8 Å². The quantitative estimate of drug-likeness (QED) is 0.0856. The molecule has 3 rings (SSSR count). The second-order valence-electron chi connectivity index (χ2n) is 12.2. The lowest BCUT2D eigenvalue weighted by Crippen LogP contribution is -2.48. The number of ether oxygens (including phenoxy) is 1. The SMILES string of the molecule is CC=C1NC(=O)c2csc(n2)[C@H](Cc2ccc(O)cc2)NC(=O)C[C@@H](C=CCCSC(=O)CCCCCCC)OC(=O)[C@H](C(C)C)NC1=O. The molecular formula is C36H48N4O7S2. The van der Waals surface area contributed by atoms with Crippen molar-refractivity contribution in [3.63, 3.8) is 0 Å². The predicted molar refractivity (Wildman–Crippen MR) is 192 cm³/mol. The Bertz CT molecular complexity index is 1490. The van der Waals surface area contributed by atoms with Gasteiger partial charge in [-0.3, -0.25) is 19.2 Å². The molecule has 0 saturated heterocycles. The average molecular weight is 713 g/mol. The van der Waals surface area contributed by atoms with Gasteiger partial charge in [0.05, 0.1) is 12.5 Å². The molecule has 2 heterocycles. The number of hydrogen-bond acceptors (Lipinski definition) is 10. The molecule has 2 aromatic rings. The first-order valence-corrected chi connectivity index (χ1v) is 18.7. The van der Waals surface area contributed by atoms with Crippen LogP contribution in [0, 0.1) is 5.92 Å². The van der Waals surface area contributed by atoms with Crippen molar-refractivity contribution in [2.24, 2.45) is 5.92 Å². The number of amides is 3. The summed E-state index contributed by atoms with van der Waals surface area (Å²) in [6.45, 7) is 7.24. The molecule has 2 bridgehead atoms. The fourth-order valence-electron chi connectivity index (χ4n) is 5.02. The van der Waals surface area contributed by atoms with Crippen LogP contribution in [0.4, 0.5) is 0 Å². The largest absolute Gasteiger partial charge is 0.508 e. The van der Waals surface area contributed by atoms with Crippen LogP contribution in [-0.4, -0.2) is 56.8 Å². The van der Waals surface area contributed by atoms with E-state index in [-0.39, 0.29) is 34.6 Å². The van der Waals surface area contributed by atoms with Gasteiger partial charge in [-0.15, -0.1) is 11.3 Å². The van der Waals surface area contributed by atoms with Crippen molar-refractivity contribution < 1.29 is 33.8 Å². The Labute approximate surface area is 296 Å². The number of rotatable bonds is 13. The molecule has 13 heteroatoms. The molecular weight excluding hydrogens is 665 g/mol. The van der Waals surface area contributed by atoms with Gasteiger partial charge in [-0.25, -0.2) is 9.78 Å². The number of thiazole rings is 1. The van der Waals surface area contributed by atoms with Crippen LogP contribution < -0.4 is 16.0 Å². The molecule has 0 spiro atoms. The van der Waals surface area contributed by atoms with Crippen LogP contribution in [0.1, 0.15) is 106 Å². The summed E-state index contributed by atoms with van der Waals surface area (Å²) in [5, 5.41) is 20.1. The van der Waals surface area contributed by atoms with E-state index in [1.807, 2.05) is 0 Å². The number of phenolic OH excluding ortho intramolecular Hbond substituents is 1. The van der Waals surface area contributed by atoms with Crippen molar-refractivity contribution in [2.45, 2.75) is 104 Å². The first-order valence-electron chi connectivity index (χ1n) is 16.8. The standard InChI is InChI=1S/C36H48N4O7S2/c1-5-7-8-9-10-14-31(43)48-19-12-11-13-26-21-30(42)37-28(20-24-15-17-25(41)18-16-24)35-39-29(22-49-35)34(45)38-27(6-2)33(44)40-32(23(3)4)36(46)47-26/h6,11,13,15-18,22-23,26,28,32,41H,5,7-10,12,14,19-21H2,1-4H3,(H,37,42)(H,38,45)(H,40,44)/t26-,28+,32+/m1/s1. The number of fused-ring (bicyclic) bond motifs is 2. The van der Waals surface area contributed by atoms with Crippen molar-refractivity contribution in [3.8, 4) is 5.75 Å². The number of phenols is 1. The molecule has 0 radical (unpaired) electrons. The van der Waals surface area contributed by atoms with E-state index in [2.05, 4.69) is 27.9 Å². The smallest absolute Gasteiger partial charge is 0.329 e. The molecule has 1 aromatic heterocycles. The number of aromatic hydroxyl groups is 1. The summed E-state index contributed by atoms with van der Waals surface area (Å²) in [4.78, 5) is 70.0. The van der Waals surface area contributed by atoms with E-state index in [0.29, 0.717) is 30.0 Å². The maximum Gasteiger partial charge on any atom is 0.329 e. The average Bonchev–Trinajstić information content (AvgIpc) is 3.56. The Kier molecular flexibility index (Phi) is 16.5. The van der Waals surface area contributed by atoms with Gasteiger partial charge in [-0.2, -0.15) is 0 Å². The molecule has 3 atom stereocenters. The minimum Gasteiger partial charge on any atom is -0.508 e. The number of carbonyl (C=O) groups excluding carboxylic acids is 5. The van der Waals surface area contributed by atoms with Gasteiger partial charge in [0.2, 0.25) is 5.91 Å². The zero-order chi connectivity index (χ0) is 35.8. The van der Waals surface area contributed by atoms with Crippen molar-refractivity contribution in [1.82, 2.24) is 20.9 Å². The summed E-state index contributed by atoms with van der Waals surface area (Å²) in [5.41, 5.74) is 0.823. The number of carbonyl (C=O) groups is 5. The maximum atomic E-state index is 13.5. The Morgan fingerprint density at radius 2 is 1.82 bits per heavy atom. The van der Waals surface area contributed by atoms with E-state index in [1.54, 1.807) is 62.6 Å². The number of cyclic esters (lactones) is 1. The summed E-state index contributed by atoms with van der Waals surface area (Å²) < 4.78 is 5.82. The molecule has 49 heavy (non-hydrogen) atoms. The molecule has 11 nitrogen and oxygen atoms in total. The predicted octanol–water partition coefficient (Wildman–Crippen LogP) is 5.91. The number of nitrogens with zero attached hydrogens (tertiary/aromatic N) is 1. The van der Waals surface area contributed by atoms with Crippen molar-refractivity contribution in [3.05, 3.63) is 69.8 Å². The summed E-state index contributed by atoms with van der Waals surface area (Å²) >= 11 is 2.46. The lowest BCUT2D eigenvalue weighted by molar-refractivity contribution is -0.153. The number of unbranched alkanes of at least 4 members (excludes halogenated alkanes) is 4. The minimum absolute atomic E-state index is 0.0523. The van der Waals surface area contributed by atoms with Gasteiger partial charge in [-0.1, -0.05) is 82.5 Å². The summed E-state index contributed by atoms with van der Waals surface area (Å²) in [7, 11) is 0. The Morgan fingerprint density at radius 3 is 2.51 bits per heavy atom. The lowest BCUT2D eigenvalue weighted by Gasteiger charge is -2.25. The van der Waals surface area contributed by atoms with Crippen LogP contribution in [0.3, 0.4) is 0 Å². The third kappa shape index (κ3) is 13.5. The highest BCUT2D eigenvalue weighted by Gasteiger charge is 2.31. The third-order valence-electron chi connectivity index (χ3n) is 7.79. The van der Waals surface area contributed by atoms with Crippen LogP contribution in [0.25, 0.3) is 0 Å². The molecule has 1 aliphatic rings. The van der Waals surface area contributed by atoms with Crippen LogP contribution in [-0.2, 0) is 30.3 Å². The summed E-state index contributed by atoms with van der Waals surface area (Å²) in [6, 6.07) is 4.84. The lowest BCUT2D eigenvalue weighted by atomic mass is 10.0. The number of allylic oxidation sites excluding steroid dienone is 2. The first-order chi connectivity index (χ1) is 23.5. The number of thioether (sulfide) groups is 1. The summed E-state index contributed by atoms with van der Waals surface area (Å²) in [5.74, 6) is -2.15. The molecule has 0 aliphatic carbocycles. The number of aromatic nitrogens is 1. The van der Waals surface area contributed by atoms with Crippen molar-refractivity contribution in [2.75, 3.05) is 5.75 Å². The molecule has 1 aromatic carbocycles. The van der Waals surface area contributed by atoms with Gasteiger partial charge in [0, 0.05) is 17.6 Å². The topological polar surface area (TPSA) is 164 Å². The molecule has 4 N–H and O–H groups in total. The van der Waals surface area contributed by atoms with Gasteiger partial charge in [-0.05, 0) is 55.9 Å². The van der Waals surface area contributed by atoms with Crippen LogP contribution in [0.2, 0.25) is 0 Å². The van der Waals surface area contributed by atoms with E-state index in [1.165, 1.54) is 35.6 Å². The fourth-order valence-corrected chi connectivity index (χ4v) is 6.64. The van der Waals surface area contributed by atoms with Crippen LogP contribution in [0.15, 0.2) is 53.6 Å². The van der Waals surface area contributed by atoms with Crippen LogP contribution in [0.5, 0.6) is 5.75 Å².